The van der Waals surface area contributed by atoms with Crippen molar-refractivity contribution >= 4 is 40.8 Å². The monoisotopic (exact) mass is 452 g/mol. The van der Waals surface area contributed by atoms with Crippen molar-refractivity contribution in [2.24, 2.45) is 0 Å². The van der Waals surface area contributed by atoms with Crippen LogP contribution in [-0.4, -0.2) is 27.0 Å². The molecule has 0 radical (unpaired) electrons. The van der Waals surface area contributed by atoms with E-state index in [9.17, 15) is 9.90 Å². The molecule has 0 spiro atoms. The quantitative estimate of drug-likeness (QED) is 0.463. The van der Waals surface area contributed by atoms with Crippen molar-refractivity contribution in [2.45, 2.75) is 33.0 Å². The number of ether oxygens (including phenoxy) is 1. The van der Waals surface area contributed by atoms with Crippen LogP contribution in [0.3, 0.4) is 0 Å². The lowest BCUT2D eigenvalue weighted by molar-refractivity contribution is -0.151. The lowest BCUT2D eigenvalue weighted by Gasteiger charge is -2.11. The number of carbonyl (C=O) groups is 1. The lowest BCUT2D eigenvalue weighted by atomic mass is 10.1. The van der Waals surface area contributed by atoms with Crippen molar-refractivity contribution in [3.63, 3.8) is 0 Å². The van der Waals surface area contributed by atoms with Crippen LogP contribution >= 0.6 is 34.8 Å². The van der Waals surface area contributed by atoms with E-state index in [2.05, 4.69) is 5.10 Å². The smallest absolute Gasteiger partial charge is 0.332 e. The largest absolute Gasteiger partial charge is 0.479 e. The highest BCUT2D eigenvalue weighted by Crippen LogP contribution is 2.33. The van der Waals surface area contributed by atoms with E-state index in [1.54, 1.807) is 41.9 Å². The summed E-state index contributed by atoms with van der Waals surface area (Å²) in [5, 5.41) is 15.5. The summed E-state index contributed by atoms with van der Waals surface area (Å²) in [5.74, 6) is -0.997. The molecule has 0 amide bonds. The SMILES string of the molecule is CCC(OCc1nn(-c2ccc(Cl)cc2Cl)c(-c2ccc(Cl)cc2)c1C)C(=O)O. The summed E-state index contributed by atoms with van der Waals surface area (Å²) in [6.07, 6.45) is -0.528. The van der Waals surface area contributed by atoms with E-state index in [1.165, 1.54) is 0 Å². The molecule has 3 rings (SSSR count). The minimum atomic E-state index is -0.997. The topological polar surface area (TPSA) is 64.4 Å². The maximum atomic E-state index is 11.3. The minimum Gasteiger partial charge on any atom is -0.479 e. The van der Waals surface area contributed by atoms with Gasteiger partial charge in [-0.1, -0.05) is 53.9 Å². The van der Waals surface area contributed by atoms with Gasteiger partial charge in [0.25, 0.3) is 0 Å². The second-order valence-corrected chi connectivity index (χ2v) is 7.76. The van der Waals surface area contributed by atoms with Gasteiger partial charge >= 0.3 is 5.97 Å². The van der Waals surface area contributed by atoms with E-state index >= 15 is 0 Å². The predicted octanol–water partition coefficient (Wildman–Crippen LogP) is 6.19. The van der Waals surface area contributed by atoms with Crippen LogP contribution in [0.4, 0.5) is 0 Å². The zero-order chi connectivity index (χ0) is 21.1. The first-order chi connectivity index (χ1) is 13.8. The summed E-state index contributed by atoms with van der Waals surface area (Å²) in [4.78, 5) is 11.3. The van der Waals surface area contributed by atoms with Gasteiger partial charge in [-0.2, -0.15) is 5.10 Å². The van der Waals surface area contributed by atoms with Crippen molar-refractivity contribution in [2.75, 3.05) is 0 Å². The molecule has 29 heavy (non-hydrogen) atoms. The molecule has 8 heteroatoms. The first kappa shape index (κ1) is 21.7. The van der Waals surface area contributed by atoms with E-state index < -0.39 is 12.1 Å². The number of hydrogen-bond acceptors (Lipinski definition) is 3. The third-order valence-corrected chi connectivity index (χ3v) is 5.33. The van der Waals surface area contributed by atoms with E-state index in [-0.39, 0.29) is 6.61 Å². The minimum absolute atomic E-state index is 0.0649. The van der Waals surface area contributed by atoms with Crippen LogP contribution < -0.4 is 0 Å². The average Bonchev–Trinajstić information content (AvgIpc) is 2.99. The average molecular weight is 454 g/mol. The Balaban J connectivity index is 2.10. The highest BCUT2D eigenvalue weighted by Gasteiger charge is 2.22. The molecule has 0 bridgehead atoms. The van der Waals surface area contributed by atoms with Gasteiger partial charge in [0.05, 0.1) is 28.7 Å². The summed E-state index contributed by atoms with van der Waals surface area (Å²) in [5.41, 5.74) is 3.84. The molecule has 5 nitrogen and oxygen atoms in total. The molecule has 1 unspecified atom stereocenters. The normalized spacial score (nSPS) is 12.2. The van der Waals surface area contributed by atoms with Gasteiger partial charge < -0.3 is 9.84 Å². The Morgan fingerprint density at radius 1 is 1.14 bits per heavy atom. The van der Waals surface area contributed by atoms with Crippen LogP contribution in [0.5, 0.6) is 0 Å². The molecule has 3 aromatic rings. The van der Waals surface area contributed by atoms with E-state index in [1.807, 2.05) is 19.1 Å². The zero-order valence-electron chi connectivity index (χ0n) is 15.8. The van der Waals surface area contributed by atoms with E-state index in [0.29, 0.717) is 32.9 Å². The van der Waals surface area contributed by atoms with Crippen molar-refractivity contribution in [3.8, 4) is 16.9 Å². The summed E-state index contributed by atoms with van der Waals surface area (Å²) in [6, 6.07) is 12.5. The van der Waals surface area contributed by atoms with Crippen molar-refractivity contribution in [1.29, 1.82) is 0 Å². The van der Waals surface area contributed by atoms with Gasteiger partial charge in [-0.25, -0.2) is 9.48 Å². The molecule has 0 aliphatic rings. The fraction of sp³-hybridized carbons (Fsp3) is 0.238. The van der Waals surface area contributed by atoms with Gasteiger partial charge in [0, 0.05) is 21.2 Å². The Hall–Kier alpha value is -2.05. The highest BCUT2D eigenvalue weighted by atomic mass is 35.5. The highest BCUT2D eigenvalue weighted by molar-refractivity contribution is 6.35. The third kappa shape index (κ3) is 4.75. The molecule has 1 N–H and O–H groups in total. The number of carboxylic acids is 1. The molecule has 2 aromatic carbocycles. The van der Waals surface area contributed by atoms with Gasteiger partial charge in [-0.05, 0) is 43.7 Å². The van der Waals surface area contributed by atoms with Crippen LogP contribution in [0.15, 0.2) is 42.5 Å². The van der Waals surface area contributed by atoms with Gasteiger partial charge in [0.15, 0.2) is 6.10 Å². The standard InChI is InChI=1S/C21H19Cl3N2O3/c1-3-19(21(27)28)29-11-17-12(2)20(13-4-6-14(22)7-5-13)26(25-17)18-9-8-15(23)10-16(18)24/h4-10,19H,3,11H2,1-2H3,(H,27,28). The van der Waals surface area contributed by atoms with Crippen molar-refractivity contribution in [3.05, 3.63) is 68.8 Å². The van der Waals surface area contributed by atoms with Crippen LogP contribution in [-0.2, 0) is 16.1 Å². The molecule has 0 aliphatic heterocycles. The maximum absolute atomic E-state index is 11.3. The van der Waals surface area contributed by atoms with Gasteiger partial charge in [0.2, 0.25) is 0 Å². The fourth-order valence-electron chi connectivity index (χ4n) is 3.00. The number of hydrogen-bond donors (Lipinski definition) is 1. The molecule has 0 aliphatic carbocycles. The van der Waals surface area contributed by atoms with Gasteiger partial charge in [-0.15, -0.1) is 0 Å². The number of benzene rings is 2. The van der Waals surface area contributed by atoms with Crippen LogP contribution in [0.25, 0.3) is 16.9 Å². The Morgan fingerprint density at radius 3 is 2.38 bits per heavy atom. The van der Waals surface area contributed by atoms with Crippen LogP contribution in [0.2, 0.25) is 15.1 Å². The van der Waals surface area contributed by atoms with E-state index in [4.69, 9.17) is 39.5 Å². The summed E-state index contributed by atoms with van der Waals surface area (Å²) < 4.78 is 7.30. The van der Waals surface area contributed by atoms with Crippen LogP contribution in [0, 0.1) is 6.92 Å². The second kappa shape index (κ2) is 9.18. The number of aromatic nitrogens is 2. The molecule has 152 valence electrons. The summed E-state index contributed by atoms with van der Waals surface area (Å²) in [7, 11) is 0. The molecule has 1 heterocycles. The number of rotatable bonds is 7. The first-order valence-electron chi connectivity index (χ1n) is 8.96. The van der Waals surface area contributed by atoms with Crippen molar-refractivity contribution < 1.29 is 14.6 Å². The molecular formula is C21H19Cl3N2O3. The maximum Gasteiger partial charge on any atom is 0.332 e. The molecule has 0 saturated heterocycles. The summed E-state index contributed by atoms with van der Waals surface area (Å²) >= 11 is 18.5. The van der Waals surface area contributed by atoms with Gasteiger partial charge in [0.1, 0.15) is 0 Å². The number of nitrogens with zero attached hydrogens (tertiary/aromatic N) is 2. The van der Waals surface area contributed by atoms with Crippen LogP contribution in [0.1, 0.15) is 24.6 Å². The summed E-state index contributed by atoms with van der Waals surface area (Å²) in [6.45, 7) is 3.74. The molecule has 0 saturated carbocycles. The molecular weight excluding hydrogens is 435 g/mol. The predicted molar refractivity (Wildman–Crippen MR) is 115 cm³/mol. The zero-order valence-corrected chi connectivity index (χ0v) is 18.1. The first-order valence-corrected chi connectivity index (χ1v) is 10.1. The number of halogens is 3. The Bertz CT molecular complexity index is 1030. The Kier molecular flexibility index (Phi) is 6.85. The van der Waals surface area contributed by atoms with Gasteiger partial charge in [-0.3, -0.25) is 0 Å². The lowest BCUT2D eigenvalue weighted by Crippen LogP contribution is -2.22. The molecule has 1 atom stereocenters. The van der Waals surface area contributed by atoms with Crippen molar-refractivity contribution in [1.82, 2.24) is 9.78 Å². The van der Waals surface area contributed by atoms with E-state index in [0.717, 1.165) is 16.8 Å². The molecule has 1 aromatic heterocycles. The Labute approximate surface area is 183 Å². The second-order valence-electron chi connectivity index (χ2n) is 6.48. The molecule has 0 fully saturated rings. The fourth-order valence-corrected chi connectivity index (χ4v) is 3.61. The third-order valence-electron chi connectivity index (χ3n) is 4.54. The number of carboxylic acid groups (broad SMARTS) is 1. The Morgan fingerprint density at radius 2 is 1.79 bits per heavy atom. The number of aliphatic carboxylic acids is 1.